The molecule has 2 aromatic rings. The molecule has 3 heterocycles. The number of fused-ring (bicyclic) bond motifs is 2. The van der Waals surface area contributed by atoms with E-state index in [1.54, 1.807) is 11.6 Å². The van der Waals surface area contributed by atoms with Gasteiger partial charge in [-0.25, -0.2) is 0 Å². The lowest BCUT2D eigenvalue weighted by atomic mass is 9.92. The molecular formula is C21H27N5O2. The molecule has 2 aliphatic heterocycles. The summed E-state index contributed by atoms with van der Waals surface area (Å²) >= 11 is 0. The minimum atomic E-state index is -0.140. The van der Waals surface area contributed by atoms with E-state index in [1.165, 1.54) is 12.0 Å². The first-order chi connectivity index (χ1) is 13.5. The second kappa shape index (κ2) is 6.58. The topological polar surface area (TPSA) is 74.5 Å². The Kier molecular flexibility index (Phi) is 4.16. The highest BCUT2D eigenvalue weighted by Gasteiger charge is 2.39. The van der Waals surface area contributed by atoms with Crippen molar-refractivity contribution < 1.29 is 5.11 Å². The van der Waals surface area contributed by atoms with Crippen molar-refractivity contribution in [2.24, 2.45) is 13.0 Å². The fourth-order valence-electron chi connectivity index (χ4n) is 5.25. The molecule has 28 heavy (non-hydrogen) atoms. The average molecular weight is 381 g/mol. The van der Waals surface area contributed by atoms with Crippen molar-refractivity contribution in [1.82, 2.24) is 19.7 Å². The summed E-state index contributed by atoms with van der Waals surface area (Å²) in [5, 5.41) is 19.5. The Hall–Kier alpha value is -2.41. The highest BCUT2D eigenvalue weighted by Crippen LogP contribution is 2.37. The number of nitrogens with zero attached hydrogens (tertiary/aromatic N) is 5. The van der Waals surface area contributed by atoms with Gasteiger partial charge in [-0.1, -0.05) is 6.07 Å². The second-order valence-electron chi connectivity index (χ2n) is 8.52. The molecule has 0 saturated carbocycles. The van der Waals surface area contributed by atoms with E-state index in [1.807, 2.05) is 12.1 Å². The number of aromatic nitrogens is 3. The molecule has 5 rings (SSSR count). The van der Waals surface area contributed by atoms with Gasteiger partial charge in [0.25, 0.3) is 5.56 Å². The van der Waals surface area contributed by atoms with Gasteiger partial charge in [0.2, 0.25) is 5.82 Å². The monoisotopic (exact) mass is 381 g/mol. The van der Waals surface area contributed by atoms with Gasteiger partial charge >= 0.3 is 0 Å². The molecule has 3 aliphatic rings. The molecule has 0 amide bonds. The lowest BCUT2D eigenvalue weighted by Gasteiger charge is -2.36. The minimum Gasteiger partial charge on any atom is -0.507 e. The Bertz CT molecular complexity index is 985. The van der Waals surface area contributed by atoms with Crippen molar-refractivity contribution in [2.45, 2.75) is 38.1 Å². The van der Waals surface area contributed by atoms with E-state index in [4.69, 9.17) is 0 Å². The van der Waals surface area contributed by atoms with E-state index in [2.05, 4.69) is 27.0 Å². The number of piperidine rings is 1. The Balaban J connectivity index is 1.53. The third-order valence-electron chi connectivity index (χ3n) is 6.88. The highest BCUT2D eigenvalue weighted by molar-refractivity contribution is 5.68. The third-order valence-corrected chi connectivity index (χ3v) is 6.88. The Labute approximate surface area is 164 Å². The first-order valence-corrected chi connectivity index (χ1v) is 10.3. The van der Waals surface area contributed by atoms with Gasteiger partial charge < -0.3 is 14.9 Å². The molecule has 0 spiro atoms. The Morgan fingerprint density at radius 1 is 1.11 bits per heavy atom. The normalized spacial score (nSPS) is 24.4. The maximum Gasteiger partial charge on any atom is 0.296 e. The predicted molar refractivity (Wildman–Crippen MR) is 108 cm³/mol. The van der Waals surface area contributed by atoms with Gasteiger partial charge in [-0.15, -0.1) is 10.2 Å². The maximum absolute atomic E-state index is 13.2. The maximum atomic E-state index is 13.2. The zero-order valence-corrected chi connectivity index (χ0v) is 16.6. The van der Waals surface area contributed by atoms with Crippen molar-refractivity contribution in [3.63, 3.8) is 0 Å². The lowest BCUT2D eigenvalue weighted by Crippen LogP contribution is -2.48. The van der Waals surface area contributed by atoms with E-state index >= 15 is 0 Å². The molecule has 7 heteroatoms. The molecular weight excluding hydrogens is 354 g/mol. The quantitative estimate of drug-likeness (QED) is 0.851. The van der Waals surface area contributed by atoms with Crippen LogP contribution in [0.1, 0.15) is 30.4 Å². The average Bonchev–Trinajstić information content (AvgIpc) is 3.32. The summed E-state index contributed by atoms with van der Waals surface area (Å²) in [6, 6.07) is 4.24. The Morgan fingerprint density at radius 2 is 1.93 bits per heavy atom. The number of phenols is 1. The molecule has 1 aromatic heterocycles. The standard InChI is InChI=1S/C21H27N5O2/c1-24-10-8-14-9-11-26(17(14)12-24)20-21(28)25(2)19(22-23-20)16-7-6-13-4-3-5-15(13)18(16)27/h6-7,14,17,27H,3-5,8-12H2,1-2H3. The van der Waals surface area contributed by atoms with Gasteiger partial charge in [0.05, 0.1) is 5.56 Å². The summed E-state index contributed by atoms with van der Waals surface area (Å²) < 4.78 is 1.54. The number of likely N-dealkylation sites (N-methyl/N-ethyl adjacent to an activating group) is 1. The van der Waals surface area contributed by atoms with Crippen molar-refractivity contribution in [1.29, 1.82) is 0 Å². The van der Waals surface area contributed by atoms with E-state index in [0.29, 0.717) is 29.2 Å². The van der Waals surface area contributed by atoms with Crippen molar-refractivity contribution in [3.05, 3.63) is 33.6 Å². The fourth-order valence-corrected chi connectivity index (χ4v) is 5.25. The third kappa shape index (κ3) is 2.64. The molecule has 148 valence electrons. The SMILES string of the molecule is CN1CCC2CCN(c3nnc(-c4ccc5c(c4O)CCC5)n(C)c3=O)C2C1. The number of aryl methyl sites for hydroxylation is 1. The molecule has 1 N–H and O–H groups in total. The molecule has 2 unspecified atom stereocenters. The van der Waals surface area contributed by atoms with Crippen LogP contribution in [0.25, 0.3) is 11.4 Å². The second-order valence-corrected chi connectivity index (χ2v) is 8.52. The summed E-state index contributed by atoms with van der Waals surface area (Å²) in [7, 11) is 3.86. The molecule has 1 aliphatic carbocycles. The molecule has 0 bridgehead atoms. The van der Waals surface area contributed by atoms with Crippen LogP contribution in [0.3, 0.4) is 0 Å². The number of hydrogen-bond donors (Lipinski definition) is 1. The largest absolute Gasteiger partial charge is 0.507 e. The number of hydrogen-bond acceptors (Lipinski definition) is 6. The summed E-state index contributed by atoms with van der Waals surface area (Å²) in [5.74, 6) is 1.75. The molecule has 7 nitrogen and oxygen atoms in total. The number of anilines is 1. The van der Waals surface area contributed by atoms with Gasteiger partial charge in [-0.2, -0.15) is 0 Å². The van der Waals surface area contributed by atoms with E-state index in [-0.39, 0.29) is 11.3 Å². The lowest BCUT2D eigenvalue weighted by molar-refractivity contribution is 0.207. The van der Waals surface area contributed by atoms with Crippen LogP contribution in [0, 0.1) is 5.92 Å². The minimum absolute atomic E-state index is 0.140. The van der Waals surface area contributed by atoms with Gasteiger partial charge in [-0.05, 0) is 68.8 Å². The number of phenolic OH excluding ortho intramolecular Hbond substituents is 1. The summed E-state index contributed by atoms with van der Waals surface area (Å²) in [6.45, 7) is 2.94. The van der Waals surface area contributed by atoms with Crippen molar-refractivity contribution in [3.8, 4) is 17.1 Å². The molecule has 2 saturated heterocycles. The smallest absolute Gasteiger partial charge is 0.296 e. The van der Waals surface area contributed by atoms with Gasteiger partial charge in [0, 0.05) is 26.2 Å². The zero-order valence-electron chi connectivity index (χ0n) is 16.6. The number of likely N-dealkylation sites (tertiary alicyclic amines) is 1. The van der Waals surface area contributed by atoms with Crippen LogP contribution < -0.4 is 10.5 Å². The van der Waals surface area contributed by atoms with Crippen molar-refractivity contribution >= 4 is 5.82 Å². The summed E-state index contributed by atoms with van der Waals surface area (Å²) in [6.07, 6.45) is 5.21. The van der Waals surface area contributed by atoms with Gasteiger partial charge in [-0.3, -0.25) is 9.36 Å². The highest BCUT2D eigenvalue weighted by atomic mass is 16.3. The van der Waals surface area contributed by atoms with Gasteiger partial charge in [0.1, 0.15) is 5.75 Å². The van der Waals surface area contributed by atoms with E-state index < -0.39 is 0 Å². The summed E-state index contributed by atoms with van der Waals surface area (Å²) in [4.78, 5) is 17.7. The number of aromatic hydroxyl groups is 1. The molecule has 2 atom stereocenters. The first-order valence-electron chi connectivity index (χ1n) is 10.3. The van der Waals surface area contributed by atoms with Crippen LogP contribution in [0.5, 0.6) is 5.75 Å². The first kappa shape index (κ1) is 17.7. The molecule has 2 fully saturated rings. The fraction of sp³-hybridized carbons (Fsp3) is 0.571. The van der Waals surface area contributed by atoms with Crippen LogP contribution in [0.2, 0.25) is 0 Å². The van der Waals surface area contributed by atoms with Gasteiger partial charge in [0.15, 0.2) is 5.82 Å². The van der Waals surface area contributed by atoms with Crippen LogP contribution in [-0.4, -0.2) is 57.5 Å². The van der Waals surface area contributed by atoms with E-state index in [0.717, 1.165) is 50.9 Å². The zero-order chi connectivity index (χ0) is 19.4. The van der Waals surface area contributed by atoms with Crippen LogP contribution >= 0.6 is 0 Å². The van der Waals surface area contributed by atoms with E-state index in [9.17, 15) is 9.90 Å². The van der Waals surface area contributed by atoms with Crippen molar-refractivity contribution in [2.75, 3.05) is 31.6 Å². The Morgan fingerprint density at radius 3 is 2.79 bits per heavy atom. The van der Waals surface area contributed by atoms with Crippen LogP contribution in [-0.2, 0) is 19.9 Å². The number of benzene rings is 1. The predicted octanol–water partition coefficient (Wildman–Crippen LogP) is 1.57. The van der Waals surface area contributed by atoms with Crippen LogP contribution in [0.4, 0.5) is 5.82 Å². The molecule has 0 radical (unpaired) electrons. The summed E-state index contributed by atoms with van der Waals surface area (Å²) in [5.41, 5.74) is 2.64. The number of rotatable bonds is 2. The van der Waals surface area contributed by atoms with Crippen LogP contribution in [0.15, 0.2) is 16.9 Å². The molecule has 1 aromatic carbocycles.